The van der Waals surface area contributed by atoms with Crippen LogP contribution in [0.5, 0.6) is 0 Å². The van der Waals surface area contributed by atoms with Gasteiger partial charge in [-0.25, -0.2) is 0 Å². The van der Waals surface area contributed by atoms with Crippen molar-refractivity contribution in [2.24, 2.45) is 5.92 Å². The average Bonchev–Trinajstić information content (AvgIpc) is 2.61. The maximum Gasteiger partial charge on any atom is 0.223 e. The summed E-state index contributed by atoms with van der Waals surface area (Å²) in [4.78, 5) is 18.5. The van der Waals surface area contributed by atoms with Crippen LogP contribution < -0.4 is 10.2 Å². The van der Waals surface area contributed by atoms with E-state index in [0.717, 1.165) is 43.0 Å². The lowest BCUT2D eigenvalue weighted by Crippen LogP contribution is -2.40. The quantitative estimate of drug-likeness (QED) is 0.931. The smallest absolute Gasteiger partial charge is 0.223 e. The molecular formula is C17H21N5O. The molecule has 0 saturated carbocycles. The van der Waals surface area contributed by atoms with Crippen molar-refractivity contribution in [1.29, 1.82) is 0 Å². The van der Waals surface area contributed by atoms with Crippen molar-refractivity contribution >= 4 is 11.7 Å². The van der Waals surface area contributed by atoms with Gasteiger partial charge in [0.25, 0.3) is 0 Å². The van der Waals surface area contributed by atoms with Gasteiger partial charge in [-0.05, 0) is 43.5 Å². The minimum Gasteiger partial charge on any atom is -0.355 e. The highest BCUT2D eigenvalue weighted by Crippen LogP contribution is 2.21. The molecule has 3 rings (SSSR count). The second kappa shape index (κ2) is 7.17. The van der Waals surface area contributed by atoms with Crippen LogP contribution in [-0.4, -0.2) is 34.2 Å². The van der Waals surface area contributed by atoms with Gasteiger partial charge < -0.3 is 10.2 Å². The van der Waals surface area contributed by atoms with Crippen LogP contribution in [0.4, 0.5) is 5.82 Å². The van der Waals surface area contributed by atoms with Gasteiger partial charge in [-0.15, -0.1) is 5.10 Å². The molecule has 3 heterocycles. The van der Waals surface area contributed by atoms with E-state index in [4.69, 9.17) is 0 Å². The van der Waals surface area contributed by atoms with Gasteiger partial charge in [0, 0.05) is 37.9 Å². The summed E-state index contributed by atoms with van der Waals surface area (Å²) in [6, 6.07) is 7.80. The van der Waals surface area contributed by atoms with E-state index in [0.29, 0.717) is 6.54 Å². The zero-order chi connectivity index (χ0) is 16.1. The Labute approximate surface area is 136 Å². The predicted molar refractivity (Wildman–Crippen MR) is 87.8 cm³/mol. The Balaban J connectivity index is 1.48. The molecule has 120 valence electrons. The number of amides is 1. The molecule has 1 N–H and O–H groups in total. The number of piperidine rings is 1. The Kier molecular flexibility index (Phi) is 4.80. The molecule has 0 radical (unpaired) electrons. The second-order valence-electron chi connectivity index (χ2n) is 5.87. The minimum absolute atomic E-state index is 0.0707. The Bertz CT molecular complexity index is 636. The zero-order valence-corrected chi connectivity index (χ0v) is 13.3. The summed E-state index contributed by atoms with van der Waals surface area (Å²) in [5.41, 5.74) is 1.94. The molecule has 2 aromatic rings. The van der Waals surface area contributed by atoms with Crippen molar-refractivity contribution in [2.45, 2.75) is 26.3 Å². The van der Waals surface area contributed by atoms with Crippen LogP contribution in [0.1, 0.15) is 24.1 Å². The largest absolute Gasteiger partial charge is 0.355 e. The van der Waals surface area contributed by atoms with Gasteiger partial charge in [-0.2, -0.15) is 5.10 Å². The van der Waals surface area contributed by atoms with Crippen molar-refractivity contribution < 1.29 is 4.79 Å². The summed E-state index contributed by atoms with van der Waals surface area (Å²) in [5, 5.41) is 11.3. The number of anilines is 1. The van der Waals surface area contributed by atoms with Gasteiger partial charge in [0.15, 0.2) is 5.82 Å². The number of carbonyl (C=O) groups is 1. The molecule has 0 bridgehead atoms. The van der Waals surface area contributed by atoms with Gasteiger partial charge in [-0.3, -0.25) is 9.78 Å². The first-order valence-electron chi connectivity index (χ1n) is 7.94. The van der Waals surface area contributed by atoms with E-state index in [-0.39, 0.29) is 11.8 Å². The standard InChI is InChI=1S/C17H21N5O/c1-13-4-5-16(21-20-13)22-9-6-15(7-10-22)17(23)19-12-14-3-2-8-18-11-14/h2-5,8,11,15H,6-7,9-10,12H2,1H3,(H,19,23). The third kappa shape index (κ3) is 4.03. The van der Waals surface area contributed by atoms with Crippen LogP contribution in [0.3, 0.4) is 0 Å². The predicted octanol–water partition coefficient (Wildman–Crippen LogP) is 1.71. The van der Waals surface area contributed by atoms with Gasteiger partial charge in [0.05, 0.1) is 5.69 Å². The van der Waals surface area contributed by atoms with Crippen LogP contribution >= 0.6 is 0 Å². The maximum absolute atomic E-state index is 12.3. The van der Waals surface area contributed by atoms with E-state index in [1.54, 1.807) is 12.4 Å². The Morgan fingerprint density at radius 1 is 1.26 bits per heavy atom. The van der Waals surface area contributed by atoms with Gasteiger partial charge in [0.2, 0.25) is 5.91 Å². The topological polar surface area (TPSA) is 71.0 Å². The molecule has 1 aliphatic heterocycles. The highest BCUT2D eigenvalue weighted by atomic mass is 16.1. The van der Waals surface area contributed by atoms with Crippen LogP contribution in [0.15, 0.2) is 36.7 Å². The number of pyridine rings is 1. The Morgan fingerprint density at radius 2 is 2.09 bits per heavy atom. The molecule has 0 unspecified atom stereocenters. The summed E-state index contributed by atoms with van der Waals surface area (Å²) in [7, 11) is 0. The molecule has 23 heavy (non-hydrogen) atoms. The van der Waals surface area contributed by atoms with Crippen molar-refractivity contribution in [1.82, 2.24) is 20.5 Å². The highest BCUT2D eigenvalue weighted by Gasteiger charge is 2.25. The number of carbonyl (C=O) groups excluding carboxylic acids is 1. The number of aromatic nitrogens is 3. The van der Waals surface area contributed by atoms with Crippen LogP contribution in [0.25, 0.3) is 0 Å². The van der Waals surface area contributed by atoms with Crippen LogP contribution in [-0.2, 0) is 11.3 Å². The van der Waals surface area contributed by atoms with Crippen LogP contribution in [0.2, 0.25) is 0 Å². The lowest BCUT2D eigenvalue weighted by atomic mass is 9.96. The van der Waals surface area contributed by atoms with E-state index in [9.17, 15) is 4.79 Å². The molecule has 0 atom stereocenters. The SMILES string of the molecule is Cc1ccc(N2CCC(C(=O)NCc3cccnc3)CC2)nn1. The summed E-state index contributed by atoms with van der Waals surface area (Å²) >= 11 is 0. The van der Waals surface area contributed by atoms with Crippen molar-refractivity contribution in [2.75, 3.05) is 18.0 Å². The van der Waals surface area contributed by atoms with Crippen molar-refractivity contribution in [3.05, 3.63) is 47.9 Å². The Hall–Kier alpha value is -2.50. The third-order valence-corrected chi connectivity index (χ3v) is 4.16. The fourth-order valence-electron chi connectivity index (χ4n) is 2.77. The van der Waals surface area contributed by atoms with Crippen LogP contribution in [0, 0.1) is 12.8 Å². The summed E-state index contributed by atoms with van der Waals surface area (Å²) in [6.45, 7) is 4.14. The van der Waals surface area contributed by atoms with Gasteiger partial charge >= 0.3 is 0 Å². The molecule has 2 aromatic heterocycles. The number of aryl methyl sites for hydroxylation is 1. The Morgan fingerprint density at radius 3 is 2.74 bits per heavy atom. The molecule has 0 spiro atoms. The van der Waals surface area contributed by atoms with E-state index in [1.807, 2.05) is 31.2 Å². The molecule has 6 nitrogen and oxygen atoms in total. The molecule has 6 heteroatoms. The number of nitrogens with zero attached hydrogens (tertiary/aromatic N) is 4. The first-order valence-corrected chi connectivity index (χ1v) is 7.94. The average molecular weight is 311 g/mol. The zero-order valence-electron chi connectivity index (χ0n) is 13.3. The van der Waals surface area contributed by atoms with Gasteiger partial charge in [0.1, 0.15) is 0 Å². The number of hydrogen-bond donors (Lipinski definition) is 1. The van der Waals surface area contributed by atoms with E-state index >= 15 is 0 Å². The van der Waals surface area contributed by atoms with Gasteiger partial charge in [-0.1, -0.05) is 6.07 Å². The minimum atomic E-state index is 0.0707. The lowest BCUT2D eigenvalue weighted by Gasteiger charge is -2.31. The van der Waals surface area contributed by atoms with Crippen molar-refractivity contribution in [3.63, 3.8) is 0 Å². The molecular weight excluding hydrogens is 290 g/mol. The molecule has 1 saturated heterocycles. The van der Waals surface area contributed by atoms with E-state index < -0.39 is 0 Å². The normalized spacial score (nSPS) is 15.4. The summed E-state index contributed by atoms with van der Waals surface area (Å²) in [5.74, 6) is 1.09. The fourth-order valence-corrected chi connectivity index (χ4v) is 2.77. The number of hydrogen-bond acceptors (Lipinski definition) is 5. The first kappa shape index (κ1) is 15.4. The van der Waals surface area contributed by atoms with Crippen molar-refractivity contribution in [3.8, 4) is 0 Å². The second-order valence-corrected chi connectivity index (χ2v) is 5.87. The van der Waals surface area contributed by atoms with E-state index in [2.05, 4.69) is 25.4 Å². The van der Waals surface area contributed by atoms with E-state index in [1.165, 1.54) is 0 Å². The third-order valence-electron chi connectivity index (χ3n) is 4.16. The lowest BCUT2D eigenvalue weighted by molar-refractivity contribution is -0.125. The fraction of sp³-hybridized carbons (Fsp3) is 0.412. The molecule has 0 aromatic carbocycles. The summed E-state index contributed by atoms with van der Waals surface area (Å²) < 4.78 is 0. The monoisotopic (exact) mass is 311 g/mol. The molecule has 1 aliphatic rings. The molecule has 1 fully saturated rings. The molecule has 0 aliphatic carbocycles. The number of nitrogens with one attached hydrogen (secondary N) is 1. The summed E-state index contributed by atoms with van der Waals surface area (Å²) in [6.07, 6.45) is 5.19. The molecule has 1 amide bonds. The number of rotatable bonds is 4. The maximum atomic E-state index is 12.3. The highest BCUT2D eigenvalue weighted by molar-refractivity contribution is 5.78. The first-order chi connectivity index (χ1) is 11.2.